The lowest BCUT2D eigenvalue weighted by atomic mass is 10.0. The molecule has 0 saturated heterocycles. The topological polar surface area (TPSA) is 9.23 Å². The molecule has 0 aliphatic heterocycles. The Morgan fingerprint density at radius 1 is 1.20 bits per heavy atom. The second-order valence-corrected chi connectivity index (χ2v) is 4.89. The highest BCUT2D eigenvalue weighted by molar-refractivity contribution is 9.09. The predicted octanol–water partition coefficient (Wildman–Crippen LogP) is 4.05. The van der Waals surface area contributed by atoms with Crippen molar-refractivity contribution in [3.05, 3.63) is 29.8 Å². The zero-order chi connectivity index (χ0) is 11.3. The molecule has 84 valence electrons. The minimum Gasteiger partial charge on any atom is -0.491 e. The molecule has 0 aliphatic carbocycles. The average Bonchev–Trinajstić information content (AvgIpc) is 2.20. The van der Waals surface area contributed by atoms with Crippen LogP contribution in [0.4, 0.5) is 0 Å². The van der Waals surface area contributed by atoms with Gasteiger partial charge in [0.15, 0.2) is 0 Å². The van der Waals surface area contributed by atoms with Crippen molar-refractivity contribution in [1.82, 2.24) is 0 Å². The Kier molecular flexibility index (Phi) is 5.16. The molecule has 2 heteroatoms. The molecule has 0 fully saturated rings. The van der Waals surface area contributed by atoms with Crippen LogP contribution in [0.2, 0.25) is 0 Å². The standard InChI is InChI=1S/C13H19BrO/c1-10(2)15-13-7-5-4-6-12(13)8-11(3)9-14/h4-7,10-11H,8-9H2,1-3H3. The van der Waals surface area contributed by atoms with Gasteiger partial charge in [0.25, 0.3) is 0 Å². The van der Waals surface area contributed by atoms with Gasteiger partial charge in [-0.1, -0.05) is 41.1 Å². The quantitative estimate of drug-likeness (QED) is 0.734. The molecule has 1 unspecified atom stereocenters. The summed E-state index contributed by atoms with van der Waals surface area (Å²) in [5.41, 5.74) is 1.30. The van der Waals surface area contributed by atoms with Gasteiger partial charge in [-0.15, -0.1) is 0 Å². The molecule has 0 aromatic heterocycles. The Morgan fingerprint density at radius 3 is 2.47 bits per heavy atom. The van der Waals surface area contributed by atoms with E-state index < -0.39 is 0 Å². The molecule has 0 bridgehead atoms. The molecule has 1 nitrogen and oxygen atoms in total. The Labute approximate surface area is 101 Å². The lowest BCUT2D eigenvalue weighted by Crippen LogP contribution is -2.09. The van der Waals surface area contributed by atoms with E-state index in [-0.39, 0.29) is 6.10 Å². The SMILES string of the molecule is CC(CBr)Cc1ccccc1OC(C)C. The molecule has 0 radical (unpaired) electrons. The van der Waals surface area contributed by atoms with Crippen LogP contribution in [0.25, 0.3) is 0 Å². The number of ether oxygens (including phenoxy) is 1. The molecule has 0 heterocycles. The van der Waals surface area contributed by atoms with Crippen LogP contribution < -0.4 is 4.74 Å². The van der Waals surface area contributed by atoms with E-state index in [2.05, 4.69) is 54.9 Å². The molecular weight excluding hydrogens is 252 g/mol. The first kappa shape index (κ1) is 12.6. The van der Waals surface area contributed by atoms with Crippen LogP contribution in [0.5, 0.6) is 5.75 Å². The Morgan fingerprint density at radius 2 is 1.87 bits per heavy atom. The third kappa shape index (κ3) is 4.25. The van der Waals surface area contributed by atoms with Crippen molar-refractivity contribution in [2.45, 2.75) is 33.3 Å². The second-order valence-electron chi connectivity index (χ2n) is 4.24. The van der Waals surface area contributed by atoms with Crippen molar-refractivity contribution in [1.29, 1.82) is 0 Å². The summed E-state index contributed by atoms with van der Waals surface area (Å²) in [4.78, 5) is 0. The van der Waals surface area contributed by atoms with Crippen molar-refractivity contribution >= 4 is 15.9 Å². The number of benzene rings is 1. The number of hydrogen-bond donors (Lipinski definition) is 0. The van der Waals surface area contributed by atoms with Gasteiger partial charge in [0.2, 0.25) is 0 Å². The van der Waals surface area contributed by atoms with Gasteiger partial charge >= 0.3 is 0 Å². The highest BCUT2D eigenvalue weighted by Crippen LogP contribution is 2.22. The Balaban J connectivity index is 2.76. The van der Waals surface area contributed by atoms with E-state index in [1.807, 2.05) is 6.07 Å². The molecule has 0 amide bonds. The van der Waals surface area contributed by atoms with Crippen molar-refractivity contribution in [2.24, 2.45) is 5.92 Å². The Bertz CT molecular complexity index is 296. The van der Waals surface area contributed by atoms with Crippen LogP contribution in [0, 0.1) is 5.92 Å². The lowest BCUT2D eigenvalue weighted by molar-refractivity contribution is 0.239. The molecule has 1 aromatic rings. The van der Waals surface area contributed by atoms with Crippen LogP contribution in [0.1, 0.15) is 26.3 Å². The zero-order valence-electron chi connectivity index (χ0n) is 9.66. The van der Waals surface area contributed by atoms with E-state index in [9.17, 15) is 0 Å². The van der Waals surface area contributed by atoms with Crippen molar-refractivity contribution < 1.29 is 4.74 Å². The molecule has 1 rings (SSSR count). The maximum Gasteiger partial charge on any atom is 0.122 e. The summed E-state index contributed by atoms with van der Waals surface area (Å²) in [5, 5.41) is 1.03. The smallest absolute Gasteiger partial charge is 0.122 e. The highest BCUT2D eigenvalue weighted by Gasteiger charge is 2.08. The van der Waals surface area contributed by atoms with E-state index in [0.29, 0.717) is 5.92 Å². The number of rotatable bonds is 5. The van der Waals surface area contributed by atoms with E-state index >= 15 is 0 Å². The Hall–Kier alpha value is -0.500. The second kappa shape index (κ2) is 6.16. The monoisotopic (exact) mass is 270 g/mol. The first-order valence-corrected chi connectivity index (χ1v) is 6.56. The van der Waals surface area contributed by atoms with E-state index in [0.717, 1.165) is 17.5 Å². The minimum absolute atomic E-state index is 0.241. The number of para-hydroxylation sites is 1. The zero-order valence-corrected chi connectivity index (χ0v) is 11.3. The fourth-order valence-corrected chi connectivity index (χ4v) is 1.70. The summed E-state index contributed by atoms with van der Waals surface area (Å²) in [6.07, 6.45) is 1.30. The molecule has 0 saturated carbocycles. The average molecular weight is 271 g/mol. The molecule has 15 heavy (non-hydrogen) atoms. The minimum atomic E-state index is 0.241. The van der Waals surface area contributed by atoms with Gasteiger partial charge in [0.05, 0.1) is 6.10 Å². The third-order valence-electron chi connectivity index (χ3n) is 2.17. The fourth-order valence-electron chi connectivity index (χ4n) is 1.47. The summed E-state index contributed by atoms with van der Waals surface area (Å²) in [7, 11) is 0. The molecule has 1 atom stereocenters. The van der Waals surface area contributed by atoms with Crippen LogP contribution >= 0.6 is 15.9 Å². The van der Waals surface area contributed by atoms with Crippen molar-refractivity contribution in [2.75, 3.05) is 5.33 Å². The lowest BCUT2D eigenvalue weighted by Gasteiger charge is -2.15. The van der Waals surface area contributed by atoms with E-state index in [1.165, 1.54) is 5.56 Å². The van der Waals surface area contributed by atoms with E-state index in [4.69, 9.17) is 4.74 Å². The van der Waals surface area contributed by atoms with Gasteiger partial charge in [-0.05, 0) is 37.8 Å². The molecular formula is C13H19BrO. The normalized spacial score (nSPS) is 12.9. The first-order valence-electron chi connectivity index (χ1n) is 5.44. The number of hydrogen-bond acceptors (Lipinski definition) is 1. The summed E-state index contributed by atoms with van der Waals surface area (Å²) in [6, 6.07) is 8.30. The first-order chi connectivity index (χ1) is 7.13. The van der Waals surface area contributed by atoms with Crippen LogP contribution in [-0.4, -0.2) is 11.4 Å². The summed E-state index contributed by atoms with van der Waals surface area (Å²) >= 11 is 3.51. The van der Waals surface area contributed by atoms with Crippen LogP contribution in [0.3, 0.4) is 0 Å². The molecule has 1 aromatic carbocycles. The summed E-state index contributed by atoms with van der Waals surface area (Å²) in [6.45, 7) is 6.36. The van der Waals surface area contributed by atoms with Gasteiger partial charge in [-0.2, -0.15) is 0 Å². The van der Waals surface area contributed by atoms with Gasteiger partial charge in [-0.25, -0.2) is 0 Å². The van der Waals surface area contributed by atoms with Crippen molar-refractivity contribution in [3.63, 3.8) is 0 Å². The summed E-state index contributed by atoms with van der Waals surface area (Å²) in [5.74, 6) is 1.67. The highest BCUT2D eigenvalue weighted by atomic mass is 79.9. The third-order valence-corrected chi connectivity index (χ3v) is 3.27. The number of halogens is 1. The van der Waals surface area contributed by atoms with Gasteiger partial charge in [0.1, 0.15) is 5.75 Å². The molecule has 0 spiro atoms. The molecule has 0 N–H and O–H groups in total. The van der Waals surface area contributed by atoms with Gasteiger partial charge < -0.3 is 4.74 Å². The largest absolute Gasteiger partial charge is 0.491 e. The predicted molar refractivity (Wildman–Crippen MR) is 68.9 cm³/mol. The van der Waals surface area contributed by atoms with Gasteiger partial charge in [-0.3, -0.25) is 0 Å². The van der Waals surface area contributed by atoms with E-state index in [1.54, 1.807) is 0 Å². The maximum atomic E-state index is 5.78. The van der Waals surface area contributed by atoms with Gasteiger partial charge in [0, 0.05) is 5.33 Å². The van der Waals surface area contributed by atoms with Crippen LogP contribution in [-0.2, 0) is 6.42 Å². The number of alkyl halides is 1. The maximum absolute atomic E-state index is 5.78. The van der Waals surface area contributed by atoms with Crippen molar-refractivity contribution in [3.8, 4) is 5.75 Å². The fraction of sp³-hybridized carbons (Fsp3) is 0.538. The molecule has 0 aliphatic rings. The summed E-state index contributed by atoms with van der Waals surface area (Å²) < 4.78 is 5.78. The van der Waals surface area contributed by atoms with Crippen LogP contribution in [0.15, 0.2) is 24.3 Å².